The van der Waals surface area contributed by atoms with Crippen molar-refractivity contribution >= 4 is 17.5 Å². The number of likely N-dealkylation sites (tertiary alicyclic amines) is 1. The maximum Gasteiger partial charge on any atom is 0.255 e. The molecular weight excluding hydrogens is 440 g/mol. The summed E-state index contributed by atoms with van der Waals surface area (Å²) in [5, 5.41) is 2.95. The van der Waals surface area contributed by atoms with Gasteiger partial charge in [-0.25, -0.2) is 4.98 Å². The molecule has 35 heavy (non-hydrogen) atoms. The summed E-state index contributed by atoms with van der Waals surface area (Å²) in [6.07, 6.45) is 5.99. The van der Waals surface area contributed by atoms with E-state index < -0.39 is 0 Å². The van der Waals surface area contributed by atoms with Crippen LogP contribution in [0.15, 0.2) is 73.1 Å². The molecule has 0 bridgehead atoms. The number of para-hydroxylation sites is 1. The van der Waals surface area contributed by atoms with Gasteiger partial charge in [0.1, 0.15) is 18.0 Å². The van der Waals surface area contributed by atoms with Crippen LogP contribution >= 0.6 is 0 Å². The highest BCUT2D eigenvalue weighted by Crippen LogP contribution is 2.20. The lowest BCUT2D eigenvalue weighted by Crippen LogP contribution is -2.28. The normalized spacial score (nSPS) is 13.2. The fourth-order valence-corrected chi connectivity index (χ4v) is 4.40. The molecule has 7 heteroatoms. The lowest BCUT2D eigenvalue weighted by atomic mass is 10.1. The monoisotopic (exact) mass is 468 g/mol. The summed E-state index contributed by atoms with van der Waals surface area (Å²) in [5.74, 6) is 0.316. The van der Waals surface area contributed by atoms with E-state index in [1.165, 1.54) is 0 Å². The molecule has 0 unspecified atom stereocenters. The number of imidazole rings is 1. The van der Waals surface area contributed by atoms with Gasteiger partial charge in [-0.3, -0.25) is 9.59 Å². The Morgan fingerprint density at radius 3 is 2.69 bits per heavy atom. The van der Waals surface area contributed by atoms with E-state index in [4.69, 9.17) is 4.74 Å². The van der Waals surface area contributed by atoms with Crippen LogP contribution in [-0.2, 0) is 13.2 Å². The predicted molar refractivity (Wildman–Crippen MR) is 133 cm³/mol. The first-order valence-corrected chi connectivity index (χ1v) is 11.9. The first-order valence-electron chi connectivity index (χ1n) is 11.9. The number of benzene rings is 2. The number of hydrogen-bond acceptors (Lipinski definition) is 4. The molecule has 0 spiro atoms. The molecule has 4 aromatic rings. The summed E-state index contributed by atoms with van der Waals surface area (Å²) >= 11 is 0. The molecule has 3 heterocycles. The number of rotatable bonds is 7. The quantitative estimate of drug-likeness (QED) is 0.437. The Balaban J connectivity index is 1.24. The van der Waals surface area contributed by atoms with Crippen molar-refractivity contribution in [2.24, 2.45) is 0 Å². The van der Waals surface area contributed by atoms with Gasteiger partial charge in [0.2, 0.25) is 0 Å². The molecule has 178 valence electrons. The highest BCUT2D eigenvalue weighted by atomic mass is 16.5. The fraction of sp³-hybridized carbons (Fsp3) is 0.250. The van der Waals surface area contributed by atoms with Gasteiger partial charge in [-0.2, -0.15) is 0 Å². The molecular formula is C28H28N4O3. The van der Waals surface area contributed by atoms with E-state index in [2.05, 4.69) is 10.3 Å². The molecule has 7 nitrogen and oxygen atoms in total. The molecule has 0 saturated carbocycles. The third-order valence-corrected chi connectivity index (χ3v) is 6.26. The Morgan fingerprint density at radius 1 is 1.03 bits per heavy atom. The Hall–Kier alpha value is -4.13. The summed E-state index contributed by atoms with van der Waals surface area (Å²) in [5.41, 5.74) is 4.75. The molecule has 1 fully saturated rings. The SMILES string of the molecule is Cc1cccn2cc(COc3ccccc3C(=O)NCc3cccc(C(=O)N4CCCC4)c3)nc12. The average Bonchev–Trinajstić information content (AvgIpc) is 3.57. The zero-order chi connectivity index (χ0) is 24.2. The molecule has 1 aliphatic rings. The predicted octanol–water partition coefficient (Wildman–Crippen LogP) is 4.39. The van der Waals surface area contributed by atoms with Gasteiger partial charge in [0.15, 0.2) is 0 Å². The standard InChI is InChI=1S/C28H28N4O3/c1-20-8-7-15-32-18-23(30-26(20)32)19-35-25-12-3-2-11-24(25)27(33)29-17-21-9-6-10-22(16-21)28(34)31-13-4-5-14-31/h2-3,6-12,15-16,18H,4-5,13-14,17,19H2,1H3,(H,29,33). The number of aromatic nitrogens is 2. The van der Waals surface area contributed by atoms with Gasteiger partial charge in [0.05, 0.1) is 11.3 Å². The molecule has 2 aromatic carbocycles. The van der Waals surface area contributed by atoms with Crippen LogP contribution < -0.4 is 10.1 Å². The van der Waals surface area contributed by atoms with E-state index in [1.54, 1.807) is 12.1 Å². The number of ether oxygens (including phenoxy) is 1. The maximum absolute atomic E-state index is 13.0. The highest BCUT2D eigenvalue weighted by molar-refractivity contribution is 5.97. The third-order valence-electron chi connectivity index (χ3n) is 6.26. The topological polar surface area (TPSA) is 75.9 Å². The Labute approximate surface area is 204 Å². The van der Waals surface area contributed by atoms with Crippen molar-refractivity contribution in [1.29, 1.82) is 0 Å². The molecule has 0 atom stereocenters. The minimum absolute atomic E-state index is 0.0524. The second kappa shape index (κ2) is 10.0. The average molecular weight is 469 g/mol. The highest BCUT2D eigenvalue weighted by Gasteiger charge is 2.20. The summed E-state index contributed by atoms with van der Waals surface area (Å²) in [7, 11) is 0. The van der Waals surface area contributed by atoms with Crippen LogP contribution in [0.3, 0.4) is 0 Å². The zero-order valence-corrected chi connectivity index (χ0v) is 19.7. The van der Waals surface area contributed by atoms with Gasteiger partial charge in [0.25, 0.3) is 11.8 Å². The molecule has 1 saturated heterocycles. The van der Waals surface area contributed by atoms with Crippen molar-refractivity contribution in [2.75, 3.05) is 13.1 Å². The number of pyridine rings is 1. The van der Waals surface area contributed by atoms with Crippen LogP contribution in [-0.4, -0.2) is 39.2 Å². The van der Waals surface area contributed by atoms with Crippen molar-refractivity contribution in [3.05, 3.63) is 101 Å². The van der Waals surface area contributed by atoms with Crippen molar-refractivity contribution < 1.29 is 14.3 Å². The largest absolute Gasteiger partial charge is 0.486 e. The van der Waals surface area contributed by atoms with Crippen molar-refractivity contribution in [2.45, 2.75) is 32.9 Å². The van der Waals surface area contributed by atoms with E-state index >= 15 is 0 Å². The molecule has 0 radical (unpaired) electrons. The van der Waals surface area contributed by atoms with Gasteiger partial charge < -0.3 is 19.4 Å². The van der Waals surface area contributed by atoms with Crippen LogP contribution in [0.4, 0.5) is 0 Å². The smallest absolute Gasteiger partial charge is 0.255 e. The van der Waals surface area contributed by atoms with E-state index in [9.17, 15) is 9.59 Å². The van der Waals surface area contributed by atoms with E-state index in [0.29, 0.717) is 23.4 Å². The van der Waals surface area contributed by atoms with Crippen LogP contribution in [0.2, 0.25) is 0 Å². The molecule has 2 amide bonds. The number of nitrogens with one attached hydrogen (secondary N) is 1. The van der Waals surface area contributed by atoms with Gasteiger partial charge in [-0.05, 0) is 61.2 Å². The summed E-state index contributed by atoms with van der Waals surface area (Å²) in [6, 6.07) is 18.6. The number of amides is 2. The first kappa shape index (κ1) is 22.7. The minimum atomic E-state index is -0.234. The Bertz CT molecular complexity index is 1370. The van der Waals surface area contributed by atoms with Crippen molar-refractivity contribution in [3.8, 4) is 5.75 Å². The number of fused-ring (bicyclic) bond motifs is 1. The Morgan fingerprint density at radius 2 is 1.86 bits per heavy atom. The number of nitrogens with zero attached hydrogens (tertiary/aromatic N) is 3. The first-order chi connectivity index (χ1) is 17.1. The summed E-state index contributed by atoms with van der Waals surface area (Å²) in [4.78, 5) is 32.2. The van der Waals surface area contributed by atoms with Crippen molar-refractivity contribution in [1.82, 2.24) is 19.6 Å². The number of carbonyl (C=O) groups is 2. The summed E-state index contributed by atoms with van der Waals surface area (Å²) < 4.78 is 7.95. The molecule has 0 aliphatic carbocycles. The molecule has 5 rings (SSSR count). The van der Waals surface area contributed by atoms with Gasteiger partial charge >= 0.3 is 0 Å². The summed E-state index contributed by atoms with van der Waals surface area (Å²) in [6.45, 7) is 4.22. The molecule has 1 N–H and O–H groups in total. The van der Waals surface area contributed by atoms with Gasteiger partial charge in [-0.1, -0.05) is 30.3 Å². The number of hydrogen-bond donors (Lipinski definition) is 1. The zero-order valence-electron chi connectivity index (χ0n) is 19.7. The molecule has 1 aliphatic heterocycles. The maximum atomic E-state index is 13.0. The number of aryl methyl sites for hydroxylation is 1. The minimum Gasteiger partial charge on any atom is -0.486 e. The van der Waals surface area contributed by atoms with Crippen LogP contribution in [0.25, 0.3) is 5.65 Å². The second-order valence-electron chi connectivity index (χ2n) is 8.82. The Kier molecular flexibility index (Phi) is 6.48. The van der Waals surface area contributed by atoms with Crippen LogP contribution in [0.5, 0.6) is 5.75 Å². The van der Waals surface area contributed by atoms with E-state index in [-0.39, 0.29) is 18.4 Å². The van der Waals surface area contributed by atoms with Gasteiger partial charge in [-0.15, -0.1) is 0 Å². The van der Waals surface area contributed by atoms with E-state index in [1.807, 2.05) is 77.1 Å². The fourth-order valence-electron chi connectivity index (χ4n) is 4.40. The van der Waals surface area contributed by atoms with Crippen LogP contribution in [0, 0.1) is 6.92 Å². The molecule has 2 aromatic heterocycles. The van der Waals surface area contributed by atoms with Crippen molar-refractivity contribution in [3.63, 3.8) is 0 Å². The van der Waals surface area contributed by atoms with Gasteiger partial charge in [0, 0.05) is 37.6 Å². The van der Waals surface area contributed by atoms with Crippen LogP contribution in [0.1, 0.15) is 50.4 Å². The third kappa shape index (κ3) is 5.04. The number of carbonyl (C=O) groups excluding carboxylic acids is 2. The lowest BCUT2D eigenvalue weighted by molar-refractivity contribution is 0.0792. The lowest BCUT2D eigenvalue weighted by Gasteiger charge is -2.16. The van der Waals surface area contributed by atoms with E-state index in [0.717, 1.165) is 48.4 Å². The second-order valence-corrected chi connectivity index (χ2v) is 8.82.